The van der Waals surface area contributed by atoms with Crippen LogP contribution in [0.15, 0.2) is 12.2 Å². The number of nitrogens with one attached hydrogen (secondary N) is 1. The lowest BCUT2D eigenvalue weighted by Crippen LogP contribution is -2.46. The normalized spacial score (nSPS) is 14.5. The Hall–Kier alpha value is -0.760. The summed E-state index contributed by atoms with van der Waals surface area (Å²) in [5.41, 5.74) is 0. The van der Waals surface area contributed by atoms with E-state index in [4.69, 9.17) is 9.05 Å². The quantitative estimate of drug-likeness (QED) is 0.0277. The van der Waals surface area contributed by atoms with Crippen LogP contribution in [0.1, 0.15) is 213 Å². The minimum Gasteiger partial charge on any atom is -0.756 e. The van der Waals surface area contributed by atoms with Crippen LogP contribution in [0.3, 0.4) is 0 Å². The molecule has 53 heavy (non-hydrogen) atoms. The van der Waals surface area contributed by atoms with Crippen LogP contribution in [0, 0.1) is 0 Å². The van der Waals surface area contributed by atoms with E-state index in [1.165, 1.54) is 135 Å². The van der Waals surface area contributed by atoms with Crippen molar-refractivity contribution in [2.75, 3.05) is 40.9 Å². The van der Waals surface area contributed by atoms with Gasteiger partial charge in [-0.3, -0.25) is 9.36 Å². The molecule has 0 aromatic heterocycles. The Kier molecular flexibility index (Phi) is 36.3. The first-order valence-electron chi connectivity index (χ1n) is 22.5. The number of phosphoric ester groups is 1. The van der Waals surface area contributed by atoms with Gasteiger partial charge in [-0.1, -0.05) is 180 Å². The van der Waals surface area contributed by atoms with Gasteiger partial charge in [0.15, 0.2) is 0 Å². The summed E-state index contributed by atoms with van der Waals surface area (Å²) < 4.78 is 23.2. The molecule has 0 spiro atoms. The van der Waals surface area contributed by atoms with Crippen molar-refractivity contribution < 1.29 is 32.9 Å². The molecule has 316 valence electrons. The van der Waals surface area contributed by atoms with E-state index in [1.807, 2.05) is 21.1 Å². The van der Waals surface area contributed by atoms with E-state index in [2.05, 4.69) is 31.3 Å². The van der Waals surface area contributed by atoms with Gasteiger partial charge >= 0.3 is 0 Å². The summed E-state index contributed by atoms with van der Waals surface area (Å²) in [6.07, 6.45) is 40.7. The number of likely N-dealkylation sites (N-methyl/N-ethyl adjacent to an activating group) is 1. The summed E-state index contributed by atoms with van der Waals surface area (Å²) in [6, 6.07) is -0.803. The smallest absolute Gasteiger partial charge is 0.268 e. The molecule has 0 fully saturated rings. The van der Waals surface area contributed by atoms with Crippen LogP contribution >= 0.6 is 7.82 Å². The zero-order valence-electron chi connectivity index (χ0n) is 35.7. The van der Waals surface area contributed by atoms with Crippen LogP contribution in [0.4, 0.5) is 0 Å². The molecule has 3 atom stereocenters. The molecular weight excluding hydrogens is 683 g/mol. The molecule has 0 aliphatic carbocycles. The Balaban J connectivity index is 4.35. The van der Waals surface area contributed by atoms with Gasteiger partial charge in [-0.15, -0.1) is 0 Å². The Bertz CT molecular complexity index is 880. The van der Waals surface area contributed by atoms with Crippen molar-refractivity contribution in [2.45, 2.75) is 225 Å². The first-order valence-corrected chi connectivity index (χ1v) is 24.0. The van der Waals surface area contributed by atoms with E-state index in [-0.39, 0.29) is 19.1 Å². The molecule has 8 nitrogen and oxygen atoms in total. The van der Waals surface area contributed by atoms with E-state index >= 15 is 0 Å². The molecule has 0 rings (SSSR count). The van der Waals surface area contributed by atoms with E-state index in [9.17, 15) is 19.4 Å². The van der Waals surface area contributed by atoms with Gasteiger partial charge in [0.25, 0.3) is 7.82 Å². The summed E-state index contributed by atoms with van der Waals surface area (Å²) in [4.78, 5) is 25.3. The number of aliphatic hydroxyl groups is 1. The van der Waals surface area contributed by atoms with E-state index in [1.54, 1.807) is 0 Å². The van der Waals surface area contributed by atoms with Gasteiger partial charge < -0.3 is 28.8 Å². The molecular formula is C44H89N2O6P. The third-order valence-corrected chi connectivity index (χ3v) is 11.2. The van der Waals surface area contributed by atoms with Gasteiger partial charge in [0.05, 0.1) is 39.9 Å². The average molecular weight is 773 g/mol. The number of unbranched alkanes of at least 4 members (excludes halogenated alkanes) is 26. The van der Waals surface area contributed by atoms with Gasteiger partial charge in [-0.25, -0.2) is 0 Å². The summed E-state index contributed by atoms with van der Waals surface area (Å²) in [5, 5.41) is 13.9. The predicted octanol–water partition coefficient (Wildman–Crippen LogP) is 11.7. The lowest BCUT2D eigenvalue weighted by molar-refractivity contribution is -0.870. The molecule has 0 saturated heterocycles. The van der Waals surface area contributed by atoms with Crippen LogP contribution in [0.5, 0.6) is 0 Å². The van der Waals surface area contributed by atoms with Crippen molar-refractivity contribution in [1.82, 2.24) is 5.32 Å². The summed E-state index contributed by atoms with van der Waals surface area (Å²) >= 11 is 0. The molecule has 1 amide bonds. The van der Waals surface area contributed by atoms with E-state index < -0.39 is 20.0 Å². The molecule has 0 saturated carbocycles. The third kappa shape index (κ3) is 39.3. The highest BCUT2D eigenvalue weighted by Gasteiger charge is 2.24. The molecule has 0 bridgehead atoms. The molecule has 0 aromatic rings. The van der Waals surface area contributed by atoms with Gasteiger partial charge in [-0.2, -0.15) is 0 Å². The van der Waals surface area contributed by atoms with Crippen molar-refractivity contribution in [3.63, 3.8) is 0 Å². The largest absolute Gasteiger partial charge is 0.756 e. The summed E-state index contributed by atoms with van der Waals surface area (Å²) in [5.74, 6) is -0.180. The molecule has 0 aliphatic heterocycles. The van der Waals surface area contributed by atoms with Crippen molar-refractivity contribution >= 4 is 13.7 Å². The van der Waals surface area contributed by atoms with Crippen molar-refractivity contribution in [3.8, 4) is 0 Å². The average Bonchev–Trinajstić information content (AvgIpc) is 3.10. The van der Waals surface area contributed by atoms with Crippen LogP contribution in [0.25, 0.3) is 0 Å². The standard InChI is InChI=1S/C44H89N2O6P/c1-6-8-10-12-14-16-18-20-21-22-23-24-26-27-29-31-33-35-37-43(47)42(41-52-53(49,50)51-40-39-46(3,4)5)45-44(48)38-36-34-32-30-28-25-19-17-15-13-11-9-7-2/h25,28,42-43,47H,6-24,26-27,29-41H2,1-5H3,(H-,45,48,49,50)/b28-25-. The number of nitrogens with zero attached hydrogens (tertiary/aromatic N) is 1. The molecule has 0 aliphatic rings. The summed E-state index contributed by atoms with van der Waals surface area (Å²) in [7, 11) is 1.30. The maximum absolute atomic E-state index is 12.8. The summed E-state index contributed by atoms with van der Waals surface area (Å²) in [6.45, 7) is 4.71. The minimum atomic E-state index is -4.56. The zero-order valence-corrected chi connectivity index (χ0v) is 36.6. The van der Waals surface area contributed by atoms with Crippen molar-refractivity contribution in [2.24, 2.45) is 0 Å². The Morgan fingerprint density at radius 3 is 1.47 bits per heavy atom. The van der Waals surface area contributed by atoms with E-state index in [0.29, 0.717) is 23.9 Å². The molecule has 3 unspecified atom stereocenters. The van der Waals surface area contributed by atoms with E-state index in [0.717, 1.165) is 51.4 Å². The highest BCUT2D eigenvalue weighted by atomic mass is 31.2. The number of amides is 1. The predicted molar refractivity (Wildman–Crippen MR) is 224 cm³/mol. The number of hydrogen-bond acceptors (Lipinski definition) is 6. The van der Waals surface area contributed by atoms with Crippen molar-refractivity contribution in [1.29, 1.82) is 0 Å². The number of rotatable bonds is 41. The molecule has 0 heterocycles. The van der Waals surface area contributed by atoms with Gasteiger partial charge in [0.2, 0.25) is 5.91 Å². The SMILES string of the molecule is CCCCCCCC/C=C\CCCCCC(=O)NC(COP(=O)([O-])OCC[N+](C)(C)C)C(O)CCCCCCCCCCCCCCCCCCCC. The lowest BCUT2D eigenvalue weighted by atomic mass is 10.0. The van der Waals surface area contributed by atoms with Crippen molar-refractivity contribution in [3.05, 3.63) is 12.2 Å². The van der Waals surface area contributed by atoms with Gasteiger partial charge in [0.1, 0.15) is 13.2 Å². The third-order valence-electron chi connectivity index (χ3n) is 10.3. The number of phosphoric acid groups is 1. The number of hydrogen-bond donors (Lipinski definition) is 2. The Morgan fingerprint density at radius 1 is 0.642 bits per heavy atom. The monoisotopic (exact) mass is 773 g/mol. The molecule has 0 aromatic carbocycles. The molecule has 2 N–H and O–H groups in total. The second-order valence-electron chi connectivity index (χ2n) is 16.8. The number of aliphatic hydroxyl groups excluding tert-OH is 1. The molecule has 0 radical (unpaired) electrons. The lowest BCUT2D eigenvalue weighted by Gasteiger charge is -2.30. The van der Waals surface area contributed by atoms with Gasteiger partial charge in [-0.05, 0) is 38.5 Å². The first kappa shape index (κ1) is 52.2. The second-order valence-corrected chi connectivity index (χ2v) is 18.2. The molecule has 9 heteroatoms. The topological polar surface area (TPSA) is 108 Å². The second kappa shape index (κ2) is 36.9. The fourth-order valence-electron chi connectivity index (χ4n) is 6.62. The fraction of sp³-hybridized carbons (Fsp3) is 0.932. The first-order chi connectivity index (χ1) is 25.5. The highest BCUT2D eigenvalue weighted by Crippen LogP contribution is 2.38. The maximum atomic E-state index is 12.8. The van der Waals surface area contributed by atoms with Crippen LogP contribution in [-0.4, -0.2) is 68.5 Å². The maximum Gasteiger partial charge on any atom is 0.268 e. The number of carbonyl (C=O) groups is 1. The van der Waals surface area contributed by atoms with Crippen LogP contribution in [-0.2, 0) is 18.4 Å². The fourth-order valence-corrected chi connectivity index (χ4v) is 7.35. The van der Waals surface area contributed by atoms with Crippen LogP contribution in [0.2, 0.25) is 0 Å². The number of quaternary nitrogens is 1. The van der Waals surface area contributed by atoms with Gasteiger partial charge in [0, 0.05) is 6.42 Å². The number of carbonyl (C=O) groups excluding carboxylic acids is 1. The highest BCUT2D eigenvalue weighted by molar-refractivity contribution is 7.45. The Morgan fingerprint density at radius 2 is 1.04 bits per heavy atom. The number of allylic oxidation sites excluding steroid dienone is 2. The van der Waals surface area contributed by atoms with Crippen LogP contribution < -0.4 is 10.2 Å². The zero-order chi connectivity index (χ0) is 39.3. The minimum absolute atomic E-state index is 0.0113. The Labute approximate surface area is 329 Å².